The van der Waals surface area contributed by atoms with Crippen molar-refractivity contribution in [3.63, 3.8) is 0 Å². The highest BCUT2D eigenvalue weighted by atomic mass is 28.3. The molecule has 32 heavy (non-hydrogen) atoms. The van der Waals surface area contributed by atoms with Crippen LogP contribution in [-0.4, -0.2) is 8.80 Å². The maximum atomic E-state index is 2.69. The van der Waals surface area contributed by atoms with Gasteiger partial charge in [-0.05, 0) is 19.8 Å². The summed E-state index contributed by atoms with van der Waals surface area (Å²) in [4.78, 5) is 0. The quantitative estimate of drug-likeness (QED) is 0.0881. The lowest BCUT2D eigenvalue weighted by Crippen LogP contribution is -2.14. The van der Waals surface area contributed by atoms with Gasteiger partial charge in [-0.1, -0.05) is 179 Å². The van der Waals surface area contributed by atoms with Crippen molar-refractivity contribution in [2.45, 2.75) is 187 Å². The molecule has 0 spiro atoms. The monoisotopic (exact) mass is 464 g/mol. The smallest absolute Gasteiger partial charge is 0.0648 e. The lowest BCUT2D eigenvalue weighted by Gasteiger charge is -2.17. The van der Waals surface area contributed by atoms with Gasteiger partial charge >= 0.3 is 0 Å². The molecule has 0 radical (unpaired) electrons. The lowest BCUT2D eigenvalue weighted by molar-refractivity contribution is 0.581. The first-order valence-electron chi connectivity index (χ1n) is 15.4. The van der Waals surface area contributed by atoms with E-state index in [1.807, 2.05) is 5.20 Å². The molecule has 0 bridgehead atoms. The Morgan fingerprint density at radius 1 is 0.438 bits per heavy atom. The Bertz CT molecular complexity index is 353. The van der Waals surface area contributed by atoms with Crippen LogP contribution in [0, 0.1) is 0 Å². The van der Waals surface area contributed by atoms with Crippen LogP contribution in [0.25, 0.3) is 0 Å². The summed E-state index contributed by atoms with van der Waals surface area (Å²) in [6, 6.07) is 3.18. The Labute approximate surface area is 207 Å². The normalized spacial score (nSPS) is 12.2. The molecule has 1 heteroatoms. The molecule has 0 aliphatic carbocycles. The number of unbranched alkanes of at least 4 members (excludes halogenated alkanes) is 20. The van der Waals surface area contributed by atoms with Crippen molar-refractivity contribution in [1.29, 1.82) is 0 Å². The van der Waals surface area contributed by atoms with Crippen LogP contribution >= 0.6 is 0 Å². The topological polar surface area (TPSA) is 0 Å². The molecule has 0 aromatic heterocycles. The van der Waals surface area contributed by atoms with Gasteiger partial charge in [-0.15, -0.1) is 0 Å². The zero-order valence-corrected chi connectivity index (χ0v) is 24.5. The van der Waals surface area contributed by atoms with Crippen LogP contribution in [0.5, 0.6) is 0 Å². The van der Waals surface area contributed by atoms with Crippen molar-refractivity contribution in [3.8, 4) is 0 Å². The van der Waals surface area contributed by atoms with Gasteiger partial charge in [0.15, 0.2) is 0 Å². The van der Waals surface area contributed by atoms with Crippen molar-refractivity contribution in [2.24, 2.45) is 0 Å². The second-order valence-corrected chi connectivity index (χ2v) is 14.2. The van der Waals surface area contributed by atoms with Crippen molar-refractivity contribution in [2.75, 3.05) is 0 Å². The second kappa shape index (κ2) is 27.2. The maximum Gasteiger partial charge on any atom is 0.0648 e. The molecular weight excluding hydrogens is 400 g/mol. The third-order valence-electron chi connectivity index (χ3n) is 7.48. The highest BCUT2D eigenvalue weighted by Gasteiger charge is 2.12. The lowest BCUT2D eigenvalue weighted by atomic mass is 10.1. The fourth-order valence-electron chi connectivity index (χ4n) is 5.07. The van der Waals surface area contributed by atoms with Gasteiger partial charge < -0.3 is 0 Å². The van der Waals surface area contributed by atoms with Gasteiger partial charge in [0, 0.05) is 0 Å². The zero-order chi connectivity index (χ0) is 23.5. The van der Waals surface area contributed by atoms with Crippen LogP contribution in [0.1, 0.15) is 175 Å². The number of allylic oxidation sites excluding steroid dienone is 2. The molecule has 0 N–H and O–H groups in total. The average molecular weight is 465 g/mol. The van der Waals surface area contributed by atoms with Crippen LogP contribution in [0.2, 0.25) is 12.1 Å². The molecule has 0 fully saturated rings. The van der Waals surface area contributed by atoms with E-state index in [0.29, 0.717) is 0 Å². The van der Waals surface area contributed by atoms with Gasteiger partial charge in [0.25, 0.3) is 0 Å². The predicted octanol–water partition coefficient (Wildman–Crippen LogP) is 11.7. The van der Waals surface area contributed by atoms with Gasteiger partial charge in [-0.25, -0.2) is 0 Å². The molecule has 0 amide bonds. The first kappa shape index (κ1) is 32.0. The van der Waals surface area contributed by atoms with Crippen LogP contribution in [0.3, 0.4) is 0 Å². The first-order chi connectivity index (χ1) is 15.8. The molecule has 0 nitrogen and oxygen atoms in total. The second-order valence-electron chi connectivity index (χ2n) is 10.7. The molecule has 0 aliphatic heterocycles. The van der Waals surface area contributed by atoms with Gasteiger partial charge in [0.05, 0.1) is 8.80 Å². The van der Waals surface area contributed by atoms with Crippen LogP contribution < -0.4 is 0 Å². The molecular formula is C31H64Si. The minimum Gasteiger partial charge on any atom is -0.0910 e. The fourth-order valence-corrected chi connectivity index (χ4v) is 8.33. The molecule has 0 aromatic carbocycles. The Morgan fingerprint density at radius 3 is 1.12 bits per heavy atom. The van der Waals surface area contributed by atoms with E-state index in [-0.39, 0.29) is 0 Å². The summed E-state index contributed by atoms with van der Waals surface area (Å²) in [5, 5.41) is 1.87. The maximum absolute atomic E-state index is 2.69. The van der Waals surface area contributed by atoms with Gasteiger partial charge in [0.1, 0.15) is 0 Å². The van der Waals surface area contributed by atoms with E-state index in [9.17, 15) is 0 Å². The summed E-state index contributed by atoms with van der Waals surface area (Å²) in [6.07, 6.45) is 36.1. The zero-order valence-electron chi connectivity index (χ0n) is 23.3. The Balaban J connectivity index is 4.14. The fraction of sp³-hybridized carbons (Fsp3) is 0.935. The van der Waals surface area contributed by atoms with Crippen molar-refractivity contribution in [3.05, 3.63) is 11.3 Å². The first-order valence-corrected chi connectivity index (χ1v) is 17.6. The third kappa shape index (κ3) is 23.1. The van der Waals surface area contributed by atoms with E-state index in [0.717, 1.165) is 0 Å². The van der Waals surface area contributed by atoms with Gasteiger partial charge in [-0.2, -0.15) is 0 Å². The standard InChI is InChI=1S/C31H64Si/c1-5-8-11-14-17-20-23-26-29-32(30-27-24-21-18-15-12-9-6-2)31(4)28-25-22-19-16-13-10-7-3/h28,32H,5-27,29-30H2,1-4H3. The van der Waals surface area contributed by atoms with Gasteiger partial charge in [-0.3, -0.25) is 0 Å². The highest BCUT2D eigenvalue weighted by Crippen LogP contribution is 2.21. The van der Waals surface area contributed by atoms with Crippen molar-refractivity contribution in [1.82, 2.24) is 0 Å². The highest BCUT2D eigenvalue weighted by molar-refractivity contribution is 6.66. The summed E-state index contributed by atoms with van der Waals surface area (Å²) in [5.74, 6) is 0. The summed E-state index contributed by atoms with van der Waals surface area (Å²) < 4.78 is 0. The predicted molar refractivity (Wildman–Crippen MR) is 154 cm³/mol. The summed E-state index contributed by atoms with van der Waals surface area (Å²) >= 11 is 0. The molecule has 192 valence electrons. The van der Waals surface area contributed by atoms with E-state index in [4.69, 9.17) is 0 Å². The number of rotatable bonds is 26. The minimum atomic E-state index is -0.677. The number of hydrogen-bond acceptors (Lipinski definition) is 0. The number of hydrogen-bond donors (Lipinski definition) is 0. The third-order valence-corrected chi connectivity index (χ3v) is 11.2. The molecule has 0 saturated carbocycles. The van der Waals surface area contributed by atoms with Crippen LogP contribution in [0.4, 0.5) is 0 Å². The van der Waals surface area contributed by atoms with E-state index in [1.165, 1.54) is 148 Å². The molecule has 0 rings (SSSR count). The van der Waals surface area contributed by atoms with Crippen molar-refractivity contribution >= 4 is 8.80 Å². The van der Waals surface area contributed by atoms with Crippen LogP contribution in [-0.2, 0) is 0 Å². The molecule has 0 atom stereocenters. The average Bonchev–Trinajstić information content (AvgIpc) is 2.80. The van der Waals surface area contributed by atoms with Crippen molar-refractivity contribution < 1.29 is 0 Å². The van der Waals surface area contributed by atoms with E-state index in [2.05, 4.69) is 33.8 Å². The molecule has 0 unspecified atom stereocenters. The SMILES string of the molecule is CCCCCCCCC=C(C)[SiH](CCCCCCCCCC)CCCCCCCCCC. The summed E-state index contributed by atoms with van der Waals surface area (Å²) in [5.41, 5.74) is 0. The Hall–Kier alpha value is -0.0431. The minimum absolute atomic E-state index is 0.677. The Morgan fingerprint density at radius 2 is 0.750 bits per heavy atom. The van der Waals surface area contributed by atoms with Crippen LogP contribution in [0.15, 0.2) is 11.3 Å². The van der Waals surface area contributed by atoms with E-state index >= 15 is 0 Å². The largest absolute Gasteiger partial charge is 0.0910 e. The van der Waals surface area contributed by atoms with E-state index in [1.54, 1.807) is 12.1 Å². The van der Waals surface area contributed by atoms with Gasteiger partial charge in [0.2, 0.25) is 0 Å². The molecule has 0 aliphatic rings. The summed E-state index contributed by atoms with van der Waals surface area (Å²) in [7, 11) is -0.677. The van der Waals surface area contributed by atoms with E-state index < -0.39 is 8.80 Å². The molecule has 0 heterocycles. The molecule has 0 aromatic rings. The molecule has 0 saturated heterocycles. The Kier molecular flexibility index (Phi) is 27.2. The summed E-state index contributed by atoms with van der Waals surface area (Å²) in [6.45, 7) is 9.47.